The molecular formula is C29H31BrN2O3. The van der Waals surface area contributed by atoms with Crippen LogP contribution in [-0.4, -0.2) is 28.7 Å². The van der Waals surface area contributed by atoms with Crippen LogP contribution in [0.25, 0.3) is 0 Å². The molecule has 182 valence electrons. The third kappa shape index (κ3) is 4.04. The number of carbonyl (C=O) groups excluding carboxylic acids is 3. The van der Waals surface area contributed by atoms with Crippen molar-refractivity contribution in [1.82, 2.24) is 4.90 Å². The number of imide groups is 1. The standard InChI is InChI=1S/C29H31BrN2O3/c1-18-2-4-19(5-3-18)17-31(28(35)29-14-20-10-21(15-29)12-22(11-20)16-29)25-13-26(33)32(27(25)34)24-8-6-23(30)7-9-24/h2-9,20-22,25H,10-17H2,1H3. The van der Waals surface area contributed by atoms with Gasteiger partial charge in [-0.05, 0) is 93.0 Å². The van der Waals surface area contributed by atoms with Crippen molar-refractivity contribution in [2.75, 3.05) is 4.90 Å². The Balaban J connectivity index is 1.34. The molecule has 1 atom stereocenters. The number of aryl methyl sites for hydroxylation is 1. The number of hydrogen-bond donors (Lipinski definition) is 0. The van der Waals surface area contributed by atoms with E-state index in [1.807, 2.05) is 43.3 Å². The summed E-state index contributed by atoms with van der Waals surface area (Å²) in [6.07, 6.45) is 6.61. The van der Waals surface area contributed by atoms with E-state index in [-0.39, 0.29) is 29.6 Å². The molecule has 0 N–H and O–H groups in total. The molecule has 1 unspecified atom stereocenters. The summed E-state index contributed by atoms with van der Waals surface area (Å²) < 4.78 is 0.884. The van der Waals surface area contributed by atoms with E-state index in [9.17, 15) is 14.4 Å². The fourth-order valence-corrected chi connectivity index (χ4v) is 7.88. The van der Waals surface area contributed by atoms with E-state index in [0.29, 0.717) is 30.0 Å². The van der Waals surface area contributed by atoms with Crippen LogP contribution >= 0.6 is 15.9 Å². The number of halogens is 1. The highest BCUT2D eigenvalue weighted by atomic mass is 79.9. The average molecular weight is 535 g/mol. The minimum absolute atomic E-state index is 0.0405. The predicted molar refractivity (Wildman–Crippen MR) is 137 cm³/mol. The van der Waals surface area contributed by atoms with Crippen LogP contribution in [-0.2, 0) is 20.9 Å². The van der Waals surface area contributed by atoms with Crippen LogP contribution in [0.15, 0.2) is 53.0 Å². The van der Waals surface area contributed by atoms with Gasteiger partial charge in [0.05, 0.1) is 17.5 Å². The minimum Gasteiger partial charge on any atom is -0.325 e. The highest BCUT2D eigenvalue weighted by Gasteiger charge is 2.57. The monoisotopic (exact) mass is 534 g/mol. The summed E-state index contributed by atoms with van der Waals surface area (Å²) in [5.74, 6) is 1.46. The molecule has 0 spiro atoms. The second-order valence-electron chi connectivity index (χ2n) is 11.4. The number of nitrogens with zero attached hydrogens (tertiary/aromatic N) is 2. The lowest BCUT2D eigenvalue weighted by Gasteiger charge is -2.57. The molecule has 2 aromatic carbocycles. The maximum atomic E-state index is 14.4. The van der Waals surface area contributed by atoms with Gasteiger partial charge < -0.3 is 4.90 Å². The topological polar surface area (TPSA) is 57.7 Å². The Morgan fingerprint density at radius 3 is 2.09 bits per heavy atom. The molecule has 1 saturated heterocycles. The molecule has 0 aromatic heterocycles. The Labute approximate surface area is 215 Å². The summed E-state index contributed by atoms with van der Waals surface area (Å²) in [5.41, 5.74) is 2.34. The van der Waals surface area contributed by atoms with Crippen molar-refractivity contribution in [1.29, 1.82) is 0 Å². The van der Waals surface area contributed by atoms with Crippen LogP contribution in [0.5, 0.6) is 0 Å². The van der Waals surface area contributed by atoms with Crippen molar-refractivity contribution in [2.24, 2.45) is 23.2 Å². The number of benzene rings is 2. The fraction of sp³-hybridized carbons (Fsp3) is 0.483. The van der Waals surface area contributed by atoms with Gasteiger partial charge >= 0.3 is 0 Å². The molecule has 7 rings (SSSR count). The Morgan fingerprint density at radius 2 is 1.51 bits per heavy atom. The summed E-state index contributed by atoms with van der Waals surface area (Å²) in [5, 5.41) is 0. The fourth-order valence-electron chi connectivity index (χ4n) is 7.61. The predicted octanol–water partition coefficient (Wildman–Crippen LogP) is 5.63. The first kappa shape index (κ1) is 23.0. The lowest BCUT2D eigenvalue weighted by Crippen LogP contribution is -2.57. The summed E-state index contributed by atoms with van der Waals surface area (Å²) in [6, 6.07) is 14.6. The maximum Gasteiger partial charge on any atom is 0.257 e. The second-order valence-corrected chi connectivity index (χ2v) is 12.3. The van der Waals surface area contributed by atoms with Gasteiger partial charge in [0.15, 0.2) is 0 Å². The van der Waals surface area contributed by atoms with Gasteiger partial charge in [0.2, 0.25) is 11.8 Å². The molecule has 1 heterocycles. The van der Waals surface area contributed by atoms with Gasteiger partial charge in [-0.2, -0.15) is 0 Å². The van der Waals surface area contributed by atoms with Gasteiger partial charge in [-0.15, -0.1) is 0 Å². The van der Waals surface area contributed by atoms with Gasteiger partial charge in [-0.25, -0.2) is 4.90 Å². The van der Waals surface area contributed by atoms with Gasteiger partial charge in [-0.3, -0.25) is 14.4 Å². The van der Waals surface area contributed by atoms with E-state index < -0.39 is 6.04 Å². The number of hydrogen-bond acceptors (Lipinski definition) is 3. The number of rotatable bonds is 5. The second kappa shape index (κ2) is 8.58. The molecule has 3 amide bonds. The summed E-state index contributed by atoms with van der Waals surface area (Å²) in [7, 11) is 0. The van der Waals surface area contributed by atoms with Crippen LogP contribution in [0, 0.1) is 30.1 Å². The zero-order chi connectivity index (χ0) is 24.3. The van der Waals surface area contributed by atoms with E-state index in [2.05, 4.69) is 15.9 Å². The van der Waals surface area contributed by atoms with E-state index >= 15 is 0 Å². The van der Waals surface area contributed by atoms with Gasteiger partial charge in [0.25, 0.3) is 5.91 Å². The Kier molecular flexibility index (Phi) is 5.63. The minimum atomic E-state index is -0.757. The van der Waals surface area contributed by atoms with Crippen molar-refractivity contribution in [3.63, 3.8) is 0 Å². The molecule has 6 heteroatoms. The Hall–Kier alpha value is -2.47. The molecule has 2 aromatic rings. The van der Waals surface area contributed by atoms with Crippen LogP contribution < -0.4 is 4.90 Å². The van der Waals surface area contributed by atoms with E-state index in [4.69, 9.17) is 0 Å². The van der Waals surface area contributed by atoms with Crippen LogP contribution in [0.1, 0.15) is 56.1 Å². The SMILES string of the molecule is Cc1ccc(CN(C(=O)C23CC4CC(CC(C4)C2)C3)C2CC(=O)N(c3ccc(Br)cc3)C2=O)cc1. The largest absolute Gasteiger partial charge is 0.325 e. The van der Waals surface area contributed by atoms with Crippen LogP contribution in [0.2, 0.25) is 0 Å². The van der Waals surface area contributed by atoms with E-state index in [1.54, 1.807) is 17.0 Å². The molecule has 4 bridgehead atoms. The van der Waals surface area contributed by atoms with Crippen LogP contribution in [0.4, 0.5) is 5.69 Å². The van der Waals surface area contributed by atoms with Gasteiger partial charge in [0.1, 0.15) is 6.04 Å². The third-order valence-electron chi connectivity index (χ3n) is 8.81. The lowest BCUT2D eigenvalue weighted by atomic mass is 9.49. The lowest BCUT2D eigenvalue weighted by molar-refractivity contribution is -0.162. The third-order valence-corrected chi connectivity index (χ3v) is 9.34. The number of anilines is 1. The molecule has 5 fully saturated rings. The molecule has 5 nitrogen and oxygen atoms in total. The Bertz CT molecular complexity index is 1140. The number of carbonyl (C=O) groups is 3. The summed E-state index contributed by atoms with van der Waals surface area (Å²) >= 11 is 3.42. The molecule has 4 aliphatic carbocycles. The van der Waals surface area contributed by atoms with Crippen LogP contribution in [0.3, 0.4) is 0 Å². The quantitative estimate of drug-likeness (QED) is 0.466. The highest BCUT2D eigenvalue weighted by molar-refractivity contribution is 9.10. The first-order valence-electron chi connectivity index (χ1n) is 12.8. The van der Waals surface area contributed by atoms with Crippen molar-refractivity contribution in [2.45, 2.75) is 64.5 Å². The molecular weight excluding hydrogens is 504 g/mol. The number of amides is 3. The normalized spacial score (nSPS) is 31.3. The summed E-state index contributed by atoms with van der Waals surface area (Å²) in [4.78, 5) is 44.3. The molecule has 0 radical (unpaired) electrons. The van der Waals surface area contributed by atoms with Crippen molar-refractivity contribution >= 4 is 39.3 Å². The maximum absolute atomic E-state index is 14.4. The Morgan fingerprint density at radius 1 is 0.943 bits per heavy atom. The smallest absolute Gasteiger partial charge is 0.257 e. The zero-order valence-electron chi connectivity index (χ0n) is 20.1. The van der Waals surface area contributed by atoms with E-state index in [0.717, 1.165) is 34.9 Å². The van der Waals surface area contributed by atoms with Gasteiger partial charge in [0, 0.05) is 11.0 Å². The average Bonchev–Trinajstić information content (AvgIpc) is 3.11. The molecule has 1 aliphatic heterocycles. The van der Waals surface area contributed by atoms with Crippen molar-refractivity contribution in [3.05, 3.63) is 64.1 Å². The zero-order valence-corrected chi connectivity index (χ0v) is 21.7. The molecule has 4 saturated carbocycles. The first-order valence-corrected chi connectivity index (χ1v) is 13.6. The first-order chi connectivity index (χ1) is 16.8. The summed E-state index contributed by atoms with van der Waals surface area (Å²) in [6.45, 7) is 2.40. The van der Waals surface area contributed by atoms with Crippen molar-refractivity contribution in [3.8, 4) is 0 Å². The van der Waals surface area contributed by atoms with Crippen molar-refractivity contribution < 1.29 is 14.4 Å². The van der Waals surface area contributed by atoms with Gasteiger partial charge in [-0.1, -0.05) is 45.8 Å². The molecule has 35 heavy (non-hydrogen) atoms. The highest BCUT2D eigenvalue weighted by Crippen LogP contribution is 2.60. The molecule has 5 aliphatic rings. The van der Waals surface area contributed by atoms with E-state index in [1.165, 1.54) is 24.2 Å².